The number of thiophene rings is 1. The van der Waals surface area contributed by atoms with E-state index in [2.05, 4.69) is 27.8 Å². The third kappa shape index (κ3) is 4.83. The molecule has 0 bridgehead atoms. The van der Waals surface area contributed by atoms with E-state index in [0.29, 0.717) is 15.7 Å². The van der Waals surface area contributed by atoms with Crippen LogP contribution in [0.2, 0.25) is 0 Å². The molecule has 0 saturated carbocycles. The molecule has 0 fully saturated rings. The zero-order valence-electron chi connectivity index (χ0n) is 16.0. The lowest BCUT2D eigenvalue weighted by Gasteiger charge is -2.08. The predicted octanol–water partition coefficient (Wildman–Crippen LogP) is 5.27. The molecule has 2 heterocycles. The van der Waals surface area contributed by atoms with Crippen LogP contribution in [0, 0.1) is 0 Å². The largest absolute Gasteiger partial charge is 0.465 e. The van der Waals surface area contributed by atoms with Crippen LogP contribution in [0.15, 0.2) is 36.4 Å². The maximum absolute atomic E-state index is 12.2. The van der Waals surface area contributed by atoms with Crippen molar-refractivity contribution in [1.82, 2.24) is 4.98 Å². The number of methoxy groups -OCH3 is 1. The molecule has 0 saturated heterocycles. The number of thiocarbonyl (C=S) groups is 1. The lowest BCUT2D eigenvalue weighted by atomic mass is 10.0. The van der Waals surface area contributed by atoms with E-state index in [1.54, 1.807) is 11.3 Å². The zero-order valence-corrected chi connectivity index (χ0v) is 18.4. The Hall–Kier alpha value is -2.29. The summed E-state index contributed by atoms with van der Waals surface area (Å²) >= 11 is 8.65. The van der Waals surface area contributed by atoms with Crippen molar-refractivity contribution >= 4 is 56.1 Å². The number of esters is 1. The lowest BCUT2D eigenvalue weighted by molar-refractivity contribution is 0.0602. The highest BCUT2D eigenvalue weighted by Gasteiger charge is 2.19. The third-order valence-electron chi connectivity index (χ3n) is 4.70. The van der Waals surface area contributed by atoms with Crippen molar-refractivity contribution in [3.8, 4) is 0 Å². The number of carbonyl (C=O) groups excluding carboxylic acids is 1. The molecule has 8 heteroatoms. The monoisotopic (exact) mass is 443 g/mol. The fraction of sp³-hybridized carbons (Fsp3) is 0.286. The van der Waals surface area contributed by atoms with Gasteiger partial charge >= 0.3 is 5.97 Å². The van der Waals surface area contributed by atoms with Crippen LogP contribution in [0.4, 0.5) is 10.1 Å². The molecule has 29 heavy (non-hydrogen) atoms. The molecule has 1 aliphatic rings. The van der Waals surface area contributed by atoms with E-state index >= 15 is 0 Å². The number of carbonyl (C=O) groups is 1. The van der Waals surface area contributed by atoms with Gasteiger partial charge < -0.3 is 15.4 Å². The molecular formula is C21H21N3O2S3. The molecule has 150 valence electrons. The number of ether oxygens (including phenoxy) is 1. The molecule has 0 amide bonds. The van der Waals surface area contributed by atoms with Gasteiger partial charge in [0.05, 0.1) is 18.4 Å². The van der Waals surface area contributed by atoms with E-state index in [1.165, 1.54) is 47.4 Å². The lowest BCUT2D eigenvalue weighted by Crippen LogP contribution is -2.19. The number of aryl methyl sites for hydroxylation is 2. The van der Waals surface area contributed by atoms with Crippen LogP contribution in [-0.2, 0) is 24.0 Å². The summed E-state index contributed by atoms with van der Waals surface area (Å²) in [4.78, 5) is 19.3. The average molecular weight is 444 g/mol. The minimum absolute atomic E-state index is 0.379. The highest BCUT2D eigenvalue weighted by Crippen LogP contribution is 2.32. The normalized spacial score (nSPS) is 12.9. The summed E-state index contributed by atoms with van der Waals surface area (Å²) in [5.41, 5.74) is 2.86. The second kappa shape index (κ2) is 9.02. The molecule has 2 aromatic heterocycles. The Morgan fingerprint density at radius 2 is 1.97 bits per heavy atom. The standard InChI is InChI=1S/C21H21N3O2S3/c1-26-19(25)15-12-14(11-13-7-3-2-4-8-13)28-18(15)23-20(27)24-21-22-16-9-5-6-10-17(16)29-21/h2-4,7-8,12H,5-6,9-11H2,1H3,(H2,22,23,24,27). The van der Waals surface area contributed by atoms with Gasteiger partial charge in [-0.2, -0.15) is 0 Å². The third-order valence-corrected chi connectivity index (χ3v) is 7.03. The number of nitrogens with one attached hydrogen (secondary N) is 2. The van der Waals surface area contributed by atoms with Crippen molar-refractivity contribution in [2.75, 3.05) is 17.7 Å². The molecule has 0 spiro atoms. The predicted molar refractivity (Wildman–Crippen MR) is 124 cm³/mol. The number of benzene rings is 1. The molecule has 1 aromatic carbocycles. The van der Waals surface area contributed by atoms with E-state index in [9.17, 15) is 4.79 Å². The van der Waals surface area contributed by atoms with Crippen LogP contribution in [-0.4, -0.2) is 23.2 Å². The number of rotatable bonds is 5. The van der Waals surface area contributed by atoms with E-state index in [-0.39, 0.29) is 5.97 Å². The summed E-state index contributed by atoms with van der Waals surface area (Å²) in [6, 6.07) is 12.0. The quantitative estimate of drug-likeness (QED) is 0.414. The Morgan fingerprint density at radius 3 is 2.72 bits per heavy atom. The number of nitrogens with zero attached hydrogens (tertiary/aromatic N) is 1. The van der Waals surface area contributed by atoms with E-state index in [0.717, 1.165) is 29.3 Å². The summed E-state index contributed by atoms with van der Waals surface area (Å²) in [5.74, 6) is -0.379. The van der Waals surface area contributed by atoms with Gasteiger partial charge in [0.2, 0.25) is 0 Å². The summed E-state index contributed by atoms with van der Waals surface area (Å²) in [7, 11) is 1.39. The Kier molecular flexibility index (Phi) is 6.22. The summed E-state index contributed by atoms with van der Waals surface area (Å²) in [6.45, 7) is 0. The first-order valence-corrected chi connectivity index (χ1v) is 11.5. The second-order valence-corrected chi connectivity index (χ2v) is 9.41. The van der Waals surface area contributed by atoms with Crippen LogP contribution in [0.1, 0.15) is 44.2 Å². The van der Waals surface area contributed by atoms with Gasteiger partial charge in [0, 0.05) is 16.2 Å². The SMILES string of the molecule is COC(=O)c1cc(Cc2ccccc2)sc1NC(=S)Nc1nc2c(s1)CCCC2. The highest BCUT2D eigenvalue weighted by atomic mass is 32.1. The minimum atomic E-state index is -0.379. The fourth-order valence-electron chi connectivity index (χ4n) is 3.32. The number of fused-ring (bicyclic) bond motifs is 1. The van der Waals surface area contributed by atoms with E-state index in [1.807, 2.05) is 24.3 Å². The molecule has 0 atom stereocenters. The van der Waals surface area contributed by atoms with Crippen LogP contribution in [0.25, 0.3) is 0 Å². The minimum Gasteiger partial charge on any atom is -0.465 e. The van der Waals surface area contributed by atoms with Crippen LogP contribution in [0.3, 0.4) is 0 Å². The summed E-state index contributed by atoms with van der Waals surface area (Å²) < 4.78 is 4.95. The van der Waals surface area contributed by atoms with Gasteiger partial charge in [0.1, 0.15) is 5.00 Å². The number of aromatic nitrogens is 1. The Balaban J connectivity index is 1.49. The van der Waals surface area contributed by atoms with Gasteiger partial charge in [-0.3, -0.25) is 0 Å². The zero-order chi connectivity index (χ0) is 20.2. The molecule has 0 unspecified atom stereocenters. The van der Waals surface area contributed by atoms with Crippen molar-refractivity contribution in [3.63, 3.8) is 0 Å². The Morgan fingerprint density at radius 1 is 1.17 bits per heavy atom. The molecule has 1 aliphatic carbocycles. The topological polar surface area (TPSA) is 63.2 Å². The summed E-state index contributed by atoms with van der Waals surface area (Å²) in [6.07, 6.45) is 5.29. The highest BCUT2D eigenvalue weighted by molar-refractivity contribution is 7.80. The first-order chi connectivity index (χ1) is 14.1. The summed E-state index contributed by atoms with van der Waals surface area (Å²) in [5, 5.41) is 8.25. The second-order valence-electron chi connectivity index (χ2n) is 6.78. The smallest absolute Gasteiger partial charge is 0.340 e. The van der Waals surface area contributed by atoms with Crippen LogP contribution >= 0.6 is 34.9 Å². The Bertz CT molecular complexity index is 1000. The number of hydrogen-bond donors (Lipinski definition) is 2. The van der Waals surface area contributed by atoms with Gasteiger partial charge in [-0.15, -0.1) is 22.7 Å². The molecule has 5 nitrogen and oxygen atoms in total. The number of hydrogen-bond acceptors (Lipinski definition) is 6. The van der Waals surface area contributed by atoms with Gasteiger partial charge in [-0.1, -0.05) is 30.3 Å². The molecule has 4 rings (SSSR count). The Labute approximate surface area is 183 Å². The van der Waals surface area contributed by atoms with Gasteiger partial charge in [-0.25, -0.2) is 9.78 Å². The van der Waals surface area contributed by atoms with Crippen molar-refractivity contribution in [3.05, 3.63) is 63.0 Å². The van der Waals surface area contributed by atoms with Crippen molar-refractivity contribution < 1.29 is 9.53 Å². The molecule has 2 N–H and O–H groups in total. The van der Waals surface area contributed by atoms with E-state index < -0.39 is 0 Å². The molecule has 3 aromatic rings. The van der Waals surface area contributed by atoms with Crippen molar-refractivity contribution in [1.29, 1.82) is 0 Å². The van der Waals surface area contributed by atoms with E-state index in [4.69, 9.17) is 17.0 Å². The first kappa shape index (κ1) is 20.0. The van der Waals surface area contributed by atoms with Gasteiger partial charge in [-0.05, 0) is 49.5 Å². The van der Waals surface area contributed by atoms with Crippen LogP contribution in [0.5, 0.6) is 0 Å². The number of thiazole rings is 1. The van der Waals surface area contributed by atoms with Crippen molar-refractivity contribution in [2.24, 2.45) is 0 Å². The van der Waals surface area contributed by atoms with Crippen molar-refractivity contribution in [2.45, 2.75) is 32.1 Å². The van der Waals surface area contributed by atoms with Gasteiger partial charge in [0.15, 0.2) is 10.2 Å². The molecular weight excluding hydrogens is 422 g/mol. The first-order valence-electron chi connectivity index (χ1n) is 9.44. The van der Waals surface area contributed by atoms with Crippen LogP contribution < -0.4 is 10.6 Å². The van der Waals surface area contributed by atoms with Gasteiger partial charge in [0.25, 0.3) is 0 Å². The maximum Gasteiger partial charge on any atom is 0.340 e. The fourth-order valence-corrected chi connectivity index (χ4v) is 5.78. The average Bonchev–Trinajstić information content (AvgIpc) is 3.31. The molecule has 0 aliphatic heterocycles. The number of anilines is 2. The molecule has 0 radical (unpaired) electrons. The maximum atomic E-state index is 12.2.